The van der Waals surface area contributed by atoms with E-state index in [4.69, 9.17) is 0 Å². The van der Waals surface area contributed by atoms with Gasteiger partial charge in [0.2, 0.25) is 0 Å². The SMILES string of the molecule is C=Cc1ccc([N+](C)(C)C)cc1.[I-]. The lowest BCUT2D eigenvalue weighted by atomic mass is 10.2. The highest BCUT2D eigenvalue weighted by Gasteiger charge is 2.09. The Kier molecular flexibility index (Phi) is 4.64. The summed E-state index contributed by atoms with van der Waals surface area (Å²) in [6.07, 6.45) is 1.86. The molecule has 0 aliphatic carbocycles. The molecule has 0 atom stereocenters. The highest BCUT2D eigenvalue weighted by atomic mass is 127. The monoisotopic (exact) mass is 289 g/mol. The molecule has 1 rings (SSSR count). The Morgan fingerprint density at radius 1 is 1.08 bits per heavy atom. The highest BCUT2D eigenvalue weighted by Crippen LogP contribution is 2.17. The summed E-state index contributed by atoms with van der Waals surface area (Å²) in [5, 5.41) is 0. The summed E-state index contributed by atoms with van der Waals surface area (Å²) in [5.74, 6) is 0. The van der Waals surface area contributed by atoms with E-state index in [1.165, 1.54) is 11.3 Å². The lowest BCUT2D eigenvalue weighted by molar-refractivity contribution is -0.00000272. The van der Waals surface area contributed by atoms with Crippen molar-refractivity contribution in [1.29, 1.82) is 0 Å². The third kappa shape index (κ3) is 3.48. The molecule has 0 unspecified atom stereocenters. The van der Waals surface area contributed by atoms with Crippen molar-refractivity contribution >= 4 is 11.8 Å². The molecule has 0 saturated heterocycles. The molecular formula is C11H16IN. The van der Waals surface area contributed by atoms with E-state index in [2.05, 4.69) is 52.0 Å². The van der Waals surface area contributed by atoms with Gasteiger partial charge < -0.3 is 24.0 Å². The fourth-order valence-corrected chi connectivity index (χ4v) is 1.06. The van der Waals surface area contributed by atoms with Crippen molar-refractivity contribution in [3.8, 4) is 0 Å². The van der Waals surface area contributed by atoms with Gasteiger partial charge in [-0.25, -0.2) is 0 Å². The summed E-state index contributed by atoms with van der Waals surface area (Å²) in [5.41, 5.74) is 2.48. The average Bonchev–Trinajstić information content (AvgIpc) is 2.03. The van der Waals surface area contributed by atoms with Crippen molar-refractivity contribution in [2.24, 2.45) is 0 Å². The van der Waals surface area contributed by atoms with Crippen molar-refractivity contribution < 1.29 is 24.0 Å². The first-order valence-corrected chi connectivity index (χ1v) is 4.08. The number of quaternary nitrogens is 1. The molecule has 0 heterocycles. The predicted molar refractivity (Wildman–Crippen MR) is 56.1 cm³/mol. The Morgan fingerprint density at radius 3 is 1.85 bits per heavy atom. The molecule has 1 aromatic rings. The second-order valence-corrected chi connectivity index (χ2v) is 3.81. The molecule has 0 fully saturated rings. The Bertz CT molecular complexity index is 269. The third-order valence-electron chi connectivity index (χ3n) is 1.90. The number of nitrogens with zero attached hydrogens (tertiary/aromatic N) is 1. The van der Waals surface area contributed by atoms with Crippen LogP contribution < -0.4 is 28.5 Å². The number of halogens is 1. The first kappa shape index (κ1) is 12.7. The van der Waals surface area contributed by atoms with Crippen molar-refractivity contribution in [3.63, 3.8) is 0 Å². The van der Waals surface area contributed by atoms with Gasteiger partial charge in [0.05, 0.1) is 21.1 Å². The zero-order valence-electron chi connectivity index (χ0n) is 8.42. The highest BCUT2D eigenvalue weighted by molar-refractivity contribution is 5.52. The van der Waals surface area contributed by atoms with Crippen LogP contribution in [-0.4, -0.2) is 21.1 Å². The molecule has 1 aromatic carbocycles. The maximum atomic E-state index is 3.72. The molecule has 0 aliphatic rings. The molecule has 13 heavy (non-hydrogen) atoms. The molecule has 0 N–H and O–H groups in total. The van der Waals surface area contributed by atoms with E-state index in [0.717, 1.165) is 4.48 Å². The van der Waals surface area contributed by atoms with E-state index < -0.39 is 0 Å². The van der Waals surface area contributed by atoms with Crippen LogP contribution in [0.5, 0.6) is 0 Å². The Labute approximate surface area is 97.7 Å². The van der Waals surface area contributed by atoms with Gasteiger partial charge in [-0.1, -0.05) is 12.7 Å². The number of hydrogen-bond acceptors (Lipinski definition) is 0. The summed E-state index contributed by atoms with van der Waals surface area (Å²) in [6.45, 7) is 3.72. The van der Waals surface area contributed by atoms with Crippen LogP contribution in [0.2, 0.25) is 0 Å². The fraction of sp³-hybridized carbons (Fsp3) is 0.273. The van der Waals surface area contributed by atoms with Gasteiger partial charge >= 0.3 is 0 Å². The smallest absolute Gasteiger partial charge is 0.132 e. The molecule has 72 valence electrons. The van der Waals surface area contributed by atoms with Gasteiger partial charge in [-0.2, -0.15) is 0 Å². The summed E-state index contributed by atoms with van der Waals surface area (Å²) in [4.78, 5) is 0. The van der Waals surface area contributed by atoms with Gasteiger partial charge in [0, 0.05) is 0 Å². The predicted octanol–water partition coefficient (Wildman–Crippen LogP) is -0.470. The van der Waals surface area contributed by atoms with Gasteiger partial charge in [-0.15, -0.1) is 0 Å². The van der Waals surface area contributed by atoms with Crippen LogP contribution >= 0.6 is 0 Å². The molecule has 0 aromatic heterocycles. The minimum Gasteiger partial charge on any atom is -1.00 e. The van der Waals surface area contributed by atoms with Crippen LogP contribution in [-0.2, 0) is 0 Å². The minimum atomic E-state index is 0. The van der Waals surface area contributed by atoms with Gasteiger partial charge in [0.15, 0.2) is 0 Å². The maximum absolute atomic E-state index is 3.72. The molecule has 0 saturated carbocycles. The van der Waals surface area contributed by atoms with Gasteiger partial charge in [-0.05, 0) is 29.8 Å². The van der Waals surface area contributed by atoms with Crippen LogP contribution in [0.25, 0.3) is 6.08 Å². The summed E-state index contributed by atoms with van der Waals surface area (Å²) in [6, 6.07) is 8.45. The van der Waals surface area contributed by atoms with Crippen molar-refractivity contribution in [3.05, 3.63) is 36.4 Å². The molecule has 0 aliphatic heterocycles. The molecule has 0 bridgehead atoms. The van der Waals surface area contributed by atoms with Crippen LogP contribution in [0, 0.1) is 0 Å². The van der Waals surface area contributed by atoms with Crippen molar-refractivity contribution in [2.45, 2.75) is 0 Å². The molecule has 0 radical (unpaired) electrons. The van der Waals surface area contributed by atoms with Crippen molar-refractivity contribution in [2.75, 3.05) is 21.1 Å². The van der Waals surface area contributed by atoms with Crippen LogP contribution in [0.15, 0.2) is 30.8 Å². The largest absolute Gasteiger partial charge is 1.00 e. The van der Waals surface area contributed by atoms with E-state index in [1.54, 1.807) is 0 Å². The van der Waals surface area contributed by atoms with Gasteiger partial charge in [0.1, 0.15) is 5.69 Å². The van der Waals surface area contributed by atoms with E-state index in [-0.39, 0.29) is 24.0 Å². The Hall–Kier alpha value is -0.350. The standard InChI is InChI=1S/C11H16N.HI/c1-5-10-6-8-11(9-7-10)12(2,3)4;/h5-9H,1H2,2-4H3;1H/q+1;/p-1. The third-order valence-corrected chi connectivity index (χ3v) is 1.90. The van der Waals surface area contributed by atoms with Gasteiger partial charge in [0.25, 0.3) is 0 Å². The van der Waals surface area contributed by atoms with Crippen LogP contribution in [0.3, 0.4) is 0 Å². The Balaban J connectivity index is 0.00000144. The minimum absolute atomic E-state index is 0. The quantitative estimate of drug-likeness (QED) is 0.510. The number of rotatable bonds is 2. The fourth-order valence-electron chi connectivity index (χ4n) is 1.06. The van der Waals surface area contributed by atoms with Crippen molar-refractivity contribution in [1.82, 2.24) is 4.48 Å². The maximum Gasteiger partial charge on any atom is 0.132 e. The normalized spacial score (nSPS) is 10.4. The van der Waals surface area contributed by atoms with Crippen LogP contribution in [0.4, 0.5) is 5.69 Å². The molecule has 2 heteroatoms. The van der Waals surface area contributed by atoms with E-state index in [9.17, 15) is 0 Å². The molecule has 0 amide bonds. The van der Waals surface area contributed by atoms with E-state index >= 15 is 0 Å². The number of hydrogen-bond donors (Lipinski definition) is 0. The molecule has 0 spiro atoms. The first-order chi connectivity index (χ1) is 5.54. The second kappa shape index (κ2) is 4.77. The van der Waals surface area contributed by atoms with E-state index in [1.807, 2.05) is 6.08 Å². The van der Waals surface area contributed by atoms with Gasteiger partial charge in [-0.3, -0.25) is 4.48 Å². The van der Waals surface area contributed by atoms with Crippen LogP contribution in [0.1, 0.15) is 5.56 Å². The average molecular weight is 289 g/mol. The summed E-state index contributed by atoms with van der Waals surface area (Å²) < 4.78 is 0.859. The van der Waals surface area contributed by atoms with E-state index in [0.29, 0.717) is 0 Å². The lowest BCUT2D eigenvalue weighted by Crippen LogP contribution is -3.00. The second-order valence-electron chi connectivity index (χ2n) is 3.81. The molecule has 1 nitrogen and oxygen atoms in total. The first-order valence-electron chi connectivity index (χ1n) is 4.08. The zero-order chi connectivity index (χ0) is 9.19. The Morgan fingerprint density at radius 2 is 1.54 bits per heavy atom. The summed E-state index contributed by atoms with van der Waals surface area (Å²) >= 11 is 0. The molecular weight excluding hydrogens is 273 g/mol. The topological polar surface area (TPSA) is 0 Å². The number of benzene rings is 1. The zero-order valence-corrected chi connectivity index (χ0v) is 10.6. The summed E-state index contributed by atoms with van der Waals surface area (Å²) in [7, 11) is 6.47. The lowest BCUT2D eigenvalue weighted by Gasteiger charge is -2.23.